The Morgan fingerprint density at radius 1 is 1.24 bits per heavy atom. The van der Waals surface area contributed by atoms with E-state index in [9.17, 15) is 4.79 Å². The van der Waals surface area contributed by atoms with Crippen LogP contribution in [0.1, 0.15) is 55.4 Å². The van der Waals surface area contributed by atoms with Gasteiger partial charge >= 0.3 is 0 Å². The summed E-state index contributed by atoms with van der Waals surface area (Å²) in [6.45, 7) is 11.2. The molecule has 2 heterocycles. The van der Waals surface area contributed by atoms with Gasteiger partial charge in [-0.05, 0) is 48.8 Å². The number of benzene rings is 1. The van der Waals surface area contributed by atoms with Crippen molar-refractivity contribution < 1.29 is 4.79 Å². The molecule has 0 radical (unpaired) electrons. The average molecular weight is 339 g/mol. The van der Waals surface area contributed by atoms with E-state index in [-0.39, 0.29) is 11.3 Å². The fourth-order valence-electron chi connectivity index (χ4n) is 3.57. The molecular weight excluding hydrogens is 310 g/mol. The third kappa shape index (κ3) is 4.12. The molecule has 4 heteroatoms. The Hall–Kier alpha value is -2.10. The summed E-state index contributed by atoms with van der Waals surface area (Å²) in [6, 6.07) is 8.13. The Morgan fingerprint density at radius 3 is 2.56 bits per heavy atom. The van der Waals surface area contributed by atoms with Gasteiger partial charge in [0.1, 0.15) is 5.82 Å². The second-order valence-corrected chi connectivity index (χ2v) is 8.21. The molecule has 0 saturated carbocycles. The highest BCUT2D eigenvalue weighted by Crippen LogP contribution is 2.24. The molecule has 1 fully saturated rings. The van der Waals surface area contributed by atoms with Gasteiger partial charge in [-0.2, -0.15) is 0 Å². The third-order valence-electron chi connectivity index (χ3n) is 5.18. The maximum absolute atomic E-state index is 12.9. The molecule has 0 N–H and O–H groups in total. The molecular formula is C21H29N3O. The van der Waals surface area contributed by atoms with Gasteiger partial charge in [0.2, 0.25) is 0 Å². The van der Waals surface area contributed by atoms with Crippen LogP contribution >= 0.6 is 0 Å². The van der Waals surface area contributed by atoms with Crippen LogP contribution in [0.5, 0.6) is 0 Å². The van der Waals surface area contributed by atoms with E-state index in [1.165, 1.54) is 12.0 Å². The lowest BCUT2D eigenvalue weighted by atomic mass is 9.86. The van der Waals surface area contributed by atoms with E-state index in [1.54, 1.807) is 0 Å². The molecule has 1 atom stereocenters. The highest BCUT2D eigenvalue weighted by molar-refractivity contribution is 5.94. The number of imidazole rings is 1. The zero-order valence-electron chi connectivity index (χ0n) is 15.8. The predicted molar refractivity (Wildman–Crippen MR) is 101 cm³/mol. The summed E-state index contributed by atoms with van der Waals surface area (Å²) in [5.41, 5.74) is 2.17. The number of hydrogen-bond acceptors (Lipinski definition) is 2. The first-order chi connectivity index (χ1) is 11.8. The van der Waals surface area contributed by atoms with Crippen molar-refractivity contribution >= 4 is 5.91 Å². The monoisotopic (exact) mass is 339 g/mol. The maximum atomic E-state index is 12.9. The van der Waals surface area contributed by atoms with Crippen molar-refractivity contribution in [2.24, 2.45) is 5.92 Å². The molecule has 1 amide bonds. The third-order valence-corrected chi connectivity index (χ3v) is 5.18. The van der Waals surface area contributed by atoms with Crippen molar-refractivity contribution in [3.63, 3.8) is 0 Å². The maximum Gasteiger partial charge on any atom is 0.253 e. The summed E-state index contributed by atoms with van der Waals surface area (Å²) < 4.78 is 2.19. The highest BCUT2D eigenvalue weighted by atomic mass is 16.2. The topological polar surface area (TPSA) is 38.1 Å². The molecule has 25 heavy (non-hydrogen) atoms. The van der Waals surface area contributed by atoms with Gasteiger partial charge in [0, 0.05) is 37.6 Å². The lowest BCUT2D eigenvalue weighted by Crippen LogP contribution is -2.41. The van der Waals surface area contributed by atoms with Crippen molar-refractivity contribution in [2.45, 2.75) is 52.5 Å². The van der Waals surface area contributed by atoms with Crippen molar-refractivity contribution in [1.29, 1.82) is 0 Å². The van der Waals surface area contributed by atoms with E-state index < -0.39 is 0 Å². The average Bonchev–Trinajstić information content (AvgIpc) is 2.99. The van der Waals surface area contributed by atoms with Gasteiger partial charge in [0.15, 0.2) is 0 Å². The minimum absolute atomic E-state index is 0.112. The summed E-state index contributed by atoms with van der Waals surface area (Å²) in [6.07, 6.45) is 6.12. The summed E-state index contributed by atoms with van der Waals surface area (Å²) in [5, 5.41) is 0. The number of nitrogens with zero attached hydrogens (tertiary/aromatic N) is 3. The Bertz CT molecular complexity index is 724. The molecule has 2 aromatic rings. The normalized spacial score (nSPS) is 18.4. The molecule has 0 unspecified atom stereocenters. The van der Waals surface area contributed by atoms with Gasteiger partial charge < -0.3 is 9.47 Å². The van der Waals surface area contributed by atoms with Crippen LogP contribution in [-0.4, -0.2) is 33.4 Å². The van der Waals surface area contributed by atoms with Gasteiger partial charge in [-0.25, -0.2) is 4.98 Å². The van der Waals surface area contributed by atoms with Gasteiger partial charge in [-0.3, -0.25) is 4.79 Å². The van der Waals surface area contributed by atoms with Crippen LogP contribution in [0.15, 0.2) is 36.7 Å². The smallest absolute Gasteiger partial charge is 0.253 e. The SMILES string of the molecule is Cc1nccn1C[C@@H]1CCCN(C(=O)c2ccc(C(C)(C)C)cc2)C1. The van der Waals surface area contributed by atoms with E-state index >= 15 is 0 Å². The van der Waals surface area contributed by atoms with E-state index in [4.69, 9.17) is 0 Å². The second kappa shape index (κ2) is 7.03. The second-order valence-electron chi connectivity index (χ2n) is 8.21. The number of hydrogen-bond donors (Lipinski definition) is 0. The number of carbonyl (C=O) groups is 1. The van der Waals surface area contributed by atoms with Gasteiger partial charge in [0.05, 0.1) is 0 Å². The molecule has 134 valence electrons. The molecule has 1 aromatic heterocycles. The first-order valence-corrected chi connectivity index (χ1v) is 9.22. The fraction of sp³-hybridized carbons (Fsp3) is 0.524. The molecule has 1 aliphatic rings. The highest BCUT2D eigenvalue weighted by Gasteiger charge is 2.25. The Labute approximate surface area is 150 Å². The van der Waals surface area contributed by atoms with E-state index in [1.807, 2.05) is 36.4 Å². The molecule has 1 aromatic carbocycles. The number of carbonyl (C=O) groups excluding carboxylic acids is 1. The molecule has 0 bridgehead atoms. The van der Waals surface area contributed by atoms with Crippen LogP contribution in [0, 0.1) is 12.8 Å². The lowest BCUT2D eigenvalue weighted by Gasteiger charge is -2.33. The van der Waals surface area contributed by atoms with Gasteiger partial charge in [0.25, 0.3) is 5.91 Å². The van der Waals surface area contributed by atoms with E-state index in [2.05, 4.69) is 42.5 Å². The molecule has 0 aliphatic carbocycles. The summed E-state index contributed by atoms with van der Waals surface area (Å²) in [5.74, 6) is 1.70. The van der Waals surface area contributed by atoms with Gasteiger partial charge in [-0.1, -0.05) is 32.9 Å². The van der Waals surface area contributed by atoms with Crippen molar-refractivity contribution in [1.82, 2.24) is 14.5 Å². The molecule has 3 rings (SSSR count). The number of amides is 1. The largest absolute Gasteiger partial charge is 0.338 e. The summed E-state index contributed by atoms with van der Waals surface area (Å²) in [7, 11) is 0. The van der Waals surface area contributed by atoms with Crippen LogP contribution in [0.2, 0.25) is 0 Å². The van der Waals surface area contributed by atoms with Crippen LogP contribution < -0.4 is 0 Å². The van der Waals surface area contributed by atoms with E-state index in [0.29, 0.717) is 5.92 Å². The summed E-state index contributed by atoms with van der Waals surface area (Å²) in [4.78, 5) is 19.2. The molecule has 1 saturated heterocycles. The number of aromatic nitrogens is 2. The number of rotatable bonds is 3. The lowest BCUT2D eigenvalue weighted by molar-refractivity contribution is 0.0662. The zero-order valence-corrected chi connectivity index (χ0v) is 15.8. The predicted octanol–water partition coefficient (Wildman–Crippen LogP) is 4.04. The standard InChI is InChI=1S/C21H29N3O/c1-16-22-11-13-23(16)14-17-6-5-12-24(15-17)20(25)18-7-9-19(10-8-18)21(2,3)4/h7-11,13,17H,5-6,12,14-15H2,1-4H3/t17-/m0/s1. The number of piperidine rings is 1. The Balaban J connectivity index is 1.66. The first kappa shape index (κ1) is 17.7. The van der Waals surface area contributed by atoms with Crippen LogP contribution in [0.25, 0.3) is 0 Å². The van der Waals surface area contributed by atoms with Crippen LogP contribution in [0.3, 0.4) is 0 Å². The Kier molecular flexibility index (Phi) is 4.98. The zero-order chi connectivity index (χ0) is 18.0. The first-order valence-electron chi connectivity index (χ1n) is 9.22. The van der Waals surface area contributed by atoms with Gasteiger partial charge in [-0.15, -0.1) is 0 Å². The minimum Gasteiger partial charge on any atom is -0.338 e. The van der Waals surface area contributed by atoms with Crippen molar-refractivity contribution in [2.75, 3.05) is 13.1 Å². The number of likely N-dealkylation sites (tertiary alicyclic amines) is 1. The summed E-state index contributed by atoms with van der Waals surface area (Å²) >= 11 is 0. The van der Waals surface area contributed by atoms with Crippen LogP contribution in [-0.2, 0) is 12.0 Å². The fourth-order valence-corrected chi connectivity index (χ4v) is 3.57. The number of aryl methyl sites for hydroxylation is 1. The molecule has 1 aliphatic heterocycles. The molecule has 0 spiro atoms. The van der Waals surface area contributed by atoms with Crippen molar-refractivity contribution in [3.05, 3.63) is 53.6 Å². The molecule has 4 nitrogen and oxygen atoms in total. The van der Waals surface area contributed by atoms with E-state index in [0.717, 1.165) is 37.4 Å². The minimum atomic E-state index is 0.112. The van der Waals surface area contributed by atoms with Crippen molar-refractivity contribution in [3.8, 4) is 0 Å². The van der Waals surface area contributed by atoms with Crippen LogP contribution in [0.4, 0.5) is 0 Å². The quantitative estimate of drug-likeness (QED) is 0.846. The Morgan fingerprint density at radius 2 is 1.96 bits per heavy atom.